The zero-order valence-corrected chi connectivity index (χ0v) is 19.0. The quantitative estimate of drug-likeness (QED) is 0.222. The van der Waals surface area contributed by atoms with Gasteiger partial charge in [0.05, 0.1) is 16.8 Å². The molecule has 0 aliphatic carbocycles. The summed E-state index contributed by atoms with van der Waals surface area (Å²) in [7, 11) is 0. The number of rotatable bonds is 6. The normalized spacial score (nSPS) is 13.5. The third-order valence-electron chi connectivity index (χ3n) is 5.09. The largest absolute Gasteiger partial charge is 0.486 e. The zero-order chi connectivity index (χ0) is 23.5. The first kappa shape index (κ1) is 21.7. The average molecular weight is 477 g/mol. The zero-order valence-electron chi connectivity index (χ0n) is 18.2. The van der Waals surface area contributed by atoms with Gasteiger partial charge in [0.2, 0.25) is 4.80 Å². The monoisotopic (exact) mass is 476 g/mol. The minimum atomic E-state index is -0.430. The molecule has 0 atom stereocenters. The highest BCUT2D eigenvalue weighted by Gasteiger charge is 2.15. The van der Waals surface area contributed by atoms with Crippen LogP contribution < -0.4 is 14.3 Å². The van der Waals surface area contributed by atoms with E-state index in [2.05, 4.69) is 10.1 Å². The van der Waals surface area contributed by atoms with E-state index in [1.807, 2.05) is 30.5 Å². The van der Waals surface area contributed by atoms with E-state index in [4.69, 9.17) is 13.9 Å². The third-order valence-corrected chi connectivity index (χ3v) is 5.94. The van der Waals surface area contributed by atoms with Gasteiger partial charge in [-0.3, -0.25) is 15.1 Å². The molecule has 0 radical (unpaired) electrons. The number of hydrogen-bond donors (Lipinski definition) is 0. The maximum Gasteiger partial charge on any atom is 0.270 e. The van der Waals surface area contributed by atoms with Crippen molar-refractivity contribution in [3.8, 4) is 34.1 Å². The summed E-state index contributed by atoms with van der Waals surface area (Å²) in [4.78, 5) is 15.9. The van der Waals surface area contributed by atoms with Crippen molar-refractivity contribution < 1.29 is 18.8 Å². The molecule has 2 aromatic heterocycles. The van der Waals surface area contributed by atoms with Crippen LogP contribution in [0.25, 0.3) is 22.6 Å². The molecule has 0 N–H and O–H groups in total. The van der Waals surface area contributed by atoms with Gasteiger partial charge in [0, 0.05) is 35.2 Å². The van der Waals surface area contributed by atoms with Gasteiger partial charge in [-0.2, -0.15) is 5.10 Å². The minimum Gasteiger partial charge on any atom is -0.486 e. The number of furan rings is 1. The van der Waals surface area contributed by atoms with Gasteiger partial charge in [0.15, 0.2) is 11.5 Å². The summed E-state index contributed by atoms with van der Waals surface area (Å²) in [5.74, 6) is 2.46. The number of benzene rings is 2. The van der Waals surface area contributed by atoms with Crippen molar-refractivity contribution >= 4 is 23.2 Å². The lowest BCUT2D eigenvalue weighted by molar-refractivity contribution is -0.384. The molecule has 4 aromatic rings. The fraction of sp³-hybridized carbons (Fsp3) is 0.167. The van der Waals surface area contributed by atoms with E-state index in [1.54, 1.807) is 35.2 Å². The molecule has 0 spiro atoms. The molecule has 0 fully saturated rings. The molecule has 0 saturated carbocycles. The molecule has 172 valence electrons. The Morgan fingerprint density at radius 1 is 1.09 bits per heavy atom. The molecule has 3 heterocycles. The topological polar surface area (TPSA) is 104 Å². The van der Waals surface area contributed by atoms with Crippen LogP contribution in [0.5, 0.6) is 11.5 Å². The fourth-order valence-corrected chi connectivity index (χ4v) is 4.42. The lowest BCUT2D eigenvalue weighted by atomic mass is 10.1. The summed E-state index contributed by atoms with van der Waals surface area (Å²) in [5, 5.41) is 17.7. The van der Waals surface area contributed by atoms with Crippen molar-refractivity contribution in [1.29, 1.82) is 0 Å². The first-order valence-corrected chi connectivity index (χ1v) is 11.5. The fourth-order valence-electron chi connectivity index (χ4n) is 3.52. The number of ether oxygens (including phenoxy) is 2. The second-order valence-electron chi connectivity index (χ2n) is 7.30. The number of nitro benzene ring substituents is 1. The third kappa shape index (κ3) is 4.35. The summed E-state index contributed by atoms with van der Waals surface area (Å²) in [6, 6.07) is 15.6. The van der Waals surface area contributed by atoms with Crippen LogP contribution in [0, 0.1) is 10.1 Å². The first-order chi connectivity index (χ1) is 16.6. The highest BCUT2D eigenvalue weighted by Crippen LogP contribution is 2.34. The second kappa shape index (κ2) is 9.36. The summed E-state index contributed by atoms with van der Waals surface area (Å²) >= 11 is 1.49. The number of thiazole rings is 1. The molecule has 1 aliphatic rings. The predicted molar refractivity (Wildman–Crippen MR) is 129 cm³/mol. The number of nitrogens with zero attached hydrogens (tertiary/aromatic N) is 4. The predicted octanol–water partition coefficient (Wildman–Crippen LogP) is 4.96. The second-order valence-corrected chi connectivity index (χ2v) is 8.14. The minimum absolute atomic E-state index is 0.00726. The molecule has 5 rings (SSSR count). The summed E-state index contributed by atoms with van der Waals surface area (Å²) < 4.78 is 19.0. The Morgan fingerprint density at radius 2 is 1.94 bits per heavy atom. The molecule has 0 bridgehead atoms. The molecule has 0 saturated heterocycles. The van der Waals surface area contributed by atoms with Crippen molar-refractivity contribution in [2.24, 2.45) is 10.1 Å². The van der Waals surface area contributed by atoms with Crippen LogP contribution in [0.4, 0.5) is 5.69 Å². The van der Waals surface area contributed by atoms with Crippen LogP contribution in [-0.2, 0) is 0 Å². The van der Waals surface area contributed by atoms with Crippen LogP contribution >= 0.6 is 11.3 Å². The maximum absolute atomic E-state index is 11.1. The molecule has 10 heteroatoms. The highest BCUT2D eigenvalue weighted by atomic mass is 32.1. The average Bonchev–Trinajstić information content (AvgIpc) is 3.50. The van der Waals surface area contributed by atoms with Crippen molar-refractivity contribution in [1.82, 2.24) is 4.68 Å². The molecule has 0 unspecified atom stereocenters. The molecular weight excluding hydrogens is 456 g/mol. The standard InChI is InChI=1S/C24H20N4O5S/c1-2-25-24-27(20(15-34-24)16-6-8-22-23(13-16)32-11-10-31-22)26-14-19-7-9-21(33-19)17-4-3-5-18(12-17)28(29)30/h3-9,12-15H,2,10-11H2,1H3. The van der Waals surface area contributed by atoms with Crippen molar-refractivity contribution in [2.75, 3.05) is 19.8 Å². The van der Waals surface area contributed by atoms with Crippen molar-refractivity contribution in [2.45, 2.75) is 6.92 Å². The van der Waals surface area contributed by atoms with E-state index in [-0.39, 0.29) is 5.69 Å². The highest BCUT2D eigenvalue weighted by molar-refractivity contribution is 7.07. The number of hydrogen-bond acceptors (Lipinski definition) is 8. The Hall–Kier alpha value is -4.18. The first-order valence-electron chi connectivity index (χ1n) is 10.6. The summed E-state index contributed by atoms with van der Waals surface area (Å²) in [6.07, 6.45) is 1.60. The summed E-state index contributed by atoms with van der Waals surface area (Å²) in [6.45, 7) is 3.64. The lowest BCUT2D eigenvalue weighted by Crippen LogP contribution is -2.15. The van der Waals surface area contributed by atoms with E-state index in [0.29, 0.717) is 42.6 Å². The van der Waals surface area contributed by atoms with Gasteiger partial charge in [-0.05, 0) is 37.3 Å². The van der Waals surface area contributed by atoms with E-state index in [1.165, 1.54) is 23.5 Å². The van der Waals surface area contributed by atoms with Gasteiger partial charge < -0.3 is 13.9 Å². The van der Waals surface area contributed by atoms with Crippen LogP contribution in [0.2, 0.25) is 0 Å². The van der Waals surface area contributed by atoms with Gasteiger partial charge in [-0.1, -0.05) is 12.1 Å². The Kier molecular flexibility index (Phi) is 5.96. The van der Waals surface area contributed by atoms with E-state index in [9.17, 15) is 10.1 Å². The Morgan fingerprint density at radius 3 is 2.76 bits per heavy atom. The number of nitro groups is 1. The summed E-state index contributed by atoms with van der Waals surface area (Å²) in [5.41, 5.74) is 2.41. The smallest absolute Gasteiger partial charge is 0.270 e. The maximum atomic E-state index is 11.1. The van der Waals surface area contributed by atoms with Gasteiger partial charge in [-0.25, -0.2) is 4.68 Å². The molecule has 9 nitrogen and oxygen atoms in total. The molecule has 34 heavy (non-hydrogen) atoms. The lowest BCUT2D eigenvalue weighted by Gasteiger charge is -2.18. The van der Waals surface area contributed by atoms with Gasteiger partial charge in [0.1, 0.15) is 24.7 Å². The van der Waals surface area contributed by atoms with E-state index in [0.717, 1.165) is 21.8 Å². The number of non-ortho nitro benzene ring substituents is 1. The van der Waals surface area contributed by atoms with Crippen LogP contribution in [0.3, 0.4) is 0 Å². The van der Waals surface area contributed by atoms with E-state index < -0.39 is 4.92 Å². The molecule has 1 aliphatic heterocycles. The van der Waals surface area contributed by atoms with Gasteiger partial charge >= 0.3 is 0 Å². The molecule has 2 aromatic carbocycles. The Balaban J connectivity index is 1.48. The van der Waals surface area contributed by atoms with Gasteiger partial charge in [0.25, 0.3) is 5.69 Å². The van der Waals surface area contributed by atoms with Gasteiger partial charge in [-0.15, -0.1) is 11.3 Å². The van der Waals surface area contributed by atoms with Crippen LogP contribution in [-0.4, -0.2) is 35.6 Å². The Labute approximate surface area is 198 Å². The van der Waals surface area contributed by atoms with Crippen molar-refractivity contribution in [3.63, 3.8) is 0 Å². The number of aromatic nitrogens is 1. The van der Waals surface area contributed by atoms with Crippen LogP contribution in [0.1, 0.15) is 12.7 Å². The SMILES string of the molecule is CCN=c1scc(-c2ccc3c(c2)OCCO3)n1N=Cc1ccc(-c2cccc([N+](=O)[O-])c2)o1. The Bertz CT molecular complexity index is 1450. The number of fused-ring (bicyclic) bond motifs is 1. The molecular formula is C24H20N4O5S. The van der Waals surface area contributed by atoms with Crippen molar-refractivity contribution in [3.05, 3.63) is 80.7 Å². The molecule has 0 amide bonds. The van der Waals surface area contributed by atoms with Crippen LogP contribution in [0.15, 0.2) is 74.5 Å². The van der Waals surface area contributed by atoms with E-state index >= 15 is 0 Å².